The summed E-state index contributed by atoms with van der Waals surface area (Å²) >= 11 is 12.4. The summed E-state index contributed by atoms with van der Waals surface area (Å²) in [6, 6.07) is 12.0. The molecule has 1 aromatic heterocycles. The Morgan fingerprint density at radius 3 is 2.48 bits per heavy atom. The van der Waals surface area contributed by atoms with E-state index in [9.17, 15) is 9.18 Å². The molecule has 0 radical (unpaired) electrons. The van der Waals surface area contributed by atoms with Crippen molar-refractivity contribution < 1.29 is 28.1 Å². The molecule has 218 valence electrons. The van der Waals surface area contributed by atoms with Gasteiger partial charge in [0.2, 0.25) is 5.95 Å². The van der Waals surface area contributed by atoms with Crippen molar-refractivity contribution in [2.45, 2.75) is 19.6 Å². The molecule has 0 spiro atoms. The van der Waals surface area contributed by atoms with Crippen LogP contribution in [-0.4, -0.2) is 42.0 Å². The first-order chi connectivity index (χ1) is 20.2. The largest absolute Gasteiger partial charge is 0.495 e. The number of allylic oxidation sites excluding steroid dienone is 1. The number of aromatic nitrogens is 3. The van der Waals surface area contributed by atoms with Crippen molar-refractivity contribution in [2.75, 3.05) is 32.0 Å². The Kier molecular flexibility index (Phi) is 8.41. The van der Waals surface area contributed by atoms with Crippen LogP contribution in [0.5, 0.6) is 23.0 Å². The Bertz CT molecular complexity index is 1670. The van der Waals surface area contributed by atoms with Gasteiger partial charge in [0.25, 0.3) is 5.91 Å². The van der Waals surface area contributed by atoms with Crippen molar-refractivity contribution >= 4 is 40.7 Å². The van der Waals surface area contributed by atoms with Crippen LogP contribution in [-0.2, 0) is 11.4 Å². The number of carbonyl (C=O) groups excluding carboxylic acids is 1. The molecule has 42 heavy (non-hydrogen) atoms. The van der Waals surface area contributed by atoms with Crippen molar-refractivity contribution in [1.82, 2.24) is 14.8 Å². The molecule has 0 aliphatic carbocycles. The van der Waals surface area contributed by atoms with Gasteiger partial charge >= 0.3 is 0 Å². The van der Waals surface area contributed by atoms with E-state index in [1.54, 1.807) is 48.0 Å². The minimum Gasteiger partial charge on any atom is -0.495 e. The average Bonchev–Trinajstić information content (AvgIpc) is 3.44. The first kappa shape index (κ1) is 29.0. The van der Waals surface area contributed by atoms with Crippen molar-refractivity contribution in [3.05, 3.63) is 93.1 Å². The molecule has 3 aromatic carbocycles. The lowest BCUT2D eigenvalue weighted by molar-refractivity contribution is -0.113. The fourth-order valence-electron chi connectivity index (χ4n) is 4.63. The van der Waals surface area contributed by atoms with E-state index in [-0.39, 0.29) is 17.2 Å². The first-order valence-corrected chi connectivity index (χ1v) is 13.3. The lowest BCUT2D eigenvalue weighted by Gasteiger charge is -2.29. The molecule has 0 unspecified atom stereocenters. The van der Waals surface area contributed by atoms with Crippen LogP contribution in [0.3, 0.4) is 0 Å². The second-order valence-corrected chi connectivity index (χ2v) is 9.95. The van der Waals surface area contributed by atoms with Gasteiger partial charge in [0.15, 0.2) is 11.5 Å². The zero-order chi connectivity index (χ0) is 30.0. The fraction of sp³-hybridized carbons (Fsp3) is 0.207. The molecule has 0 fully saturated rings. The number of nitrogens with one attached hydrogen (secondary N) is 2. The maximum Gasteiger partial charge on any atom is 0.255 e. The van der Waals surface area contributed by atoms with Gasteiger partial charge in [0.05, 0.1) is 42.6 Å². The van der Waals surface area contributed by atoms with Crippen LogP contribution in [0.2, 0.25) is 10.0 Å². The highest BCUT2D eigenvalue weighted by Crippen LogP contribution is 2.41. The van der Waals surface area contributed by atoms with Gasteiger partial charge in [-0.05, 0) is 36.8 Å². The summed E-state index contributed by atoms with van der Waals surface area (Å²) < 4.78 is 38.1. The Labute approximate surface area is 251 Å². The number of rotatable bonds is 9. The van der Waals surface area contributed by atoms with Gasteiger partial charge in [0.1, 0.15) is 36.3 Å². The van der Waals surface area contributed by atoms with Crippen LogP contribution in [0.15, 0.2) is 66.1 Å². The van der Waals surface area contributed by atoms with E-state index in [2.05, 4.69) is 20.7 Å². The maximum atomic E-state index is 14.3. The Balaban J connectivity index is 1.50. The van der Waals surface area contributed by atoms with E-state index >= 15 is 0 Å². The van der Waals surface area contributed by atoms with E-state index in [1.807, 2.05) is 0 Å². The van der Waals surface area contributed by atoms with Crippen LogP contribution in [0.25, 0.3) is 0 Å². The summed E-state index contributed by atoms with van der Waals surface area (Å²) in [5.74, 6) is 0.993. The van der Waals surface area contributed by atoms with Gasteiger partial charge in [-0.25, -0.2) is 9.07 Å². The number of nitrogens with zero attached hydrogens (tertiary/aromatic N) is 3. The highest BCUT2D eigenvalue weighted by Gasteiger charge is 2.34. The third-order valence-corrected chi connectivity index (χ3v) is 7.35. The number of carbonyl (C=O) groups is 1. The molecule has 4 aromatic rings. The van der Waals surface area contributed by atoms with Crippen LogP contribution >= 0.6 is 23.2 Å². The van der Waals surface area contributed by atoms with Gasteiger partial charge in [-0.15, -0.1) is 0 Å². The molecule has 2 N–H and O–H groups in total. The average molecular weight is 614 g/mol. The lowest BCUT2D eigenvalue weighted by atomic mass is 9.94. The molecule has 1 atom stereocenters. The fourth-order valence-corrected chi connectivity index (χ4v) is 5.08. The molecule has 1 aliphatic heterocycles. The number of benzene rings is 3. The third-order valence-electron chi connectivity index (χ3n) is 6.70. The Hall–Kier alpha value is -4.48. The molecule has 2 heterocycles. The number of ether oxygens (including phenoxy) is 4. The van der Waals surface area contributed by atoms with E-state index in [1.165, 1.54) is 39.8 Å². The molecule has 10 nitrogen and oxygen atoms in total. The van der Waals surface area contributed by atoms with E-state index in [4.69, 9.17) is 42.1 Å². The number of halogens is 3. The number of anilines is 2. The standard InChI is InChI=1S/C29H26Cl2FN5O5/c1-15-26(28(38)36-21-12-23(39-2)19(31)11-24(21)40-3)27(37-29(35-15)33-14-34-37)16-8-9-22(25(10-16)41-4)42-13-17-18(30)6-5-7-20(17)32/h5-12,14,27H,13H2,1-4H3,(H,36,38)(H,33,34,35)/t27-/m1/s1. The number of amides is 1. The maximum absolute atomic E-state index is 14.3. The summed E-state index contributed by atoms with van der Waals surface area (Å²) in [4.78, 5) is 18.2. The van der Waals surface area contributed by atoms with Crippen LogP contribution in [0.1, 0.15) is 24.1 Å². The van der Waals surface area contributed by atoms with Crippen LogP contribution < -0.4 is 29.6 Å². The highest BCUT2D eigenvalue weighted by atomic mass is 35.5. The van der Waals surface area contributed by atoms with Gasteiger partial charge in [-0.3, -0.25) is 4.79 Å². The molecule has 0 saturated heterocycles. The highest BCUT2D eigenvalue weighted by molar-refractivity contribution is 6.32. The van der Waals surface area contributed by atoms with Crippen molar-refractivity contribution in [3.8, 4) is 23.0 Å². The third kappa shape index (κ3) is 5.53. The number of hydrogen-bond donors (Lipinski definition) is 2. The van der Waals surface area contributed by atoms with Gasteiger partial charge in [-0.2, -0.15) is 10.1 Å². The predicted octanol–water partition coefficient (Wildman–Crippen LogP) is 6.26. The van der Waals surface area contributed by atoms with Gasteiger partial charge in [-0.1, -0.05) is 35.3 Å². The van der Waals surface area contributed by atoms with Crippen LogP contribution in [0, 0.1) is 5.82 Å². The summed E-state index contributed by atoms with van der Waals surface area (Å²) in [7, 11) is 4.44. The number of hydrogen-bond acceptors (Lipinski definition) is 8. The quantitative estimate of drug-likeness (QED) is 0.228. The monoisotopic (exact) mass is 613 g/mol. The van der Waals surface area contributed by atoms with Gasteiger partial charge < -0.3 is 29.6 Å². The summed E-state index contributed by atoms with van der Waals surface area (Å²) in [5, 5.41) is 11.0. The smallest absolute Gasteiger partial charge is 0.255 e. The Morgan fingerprint density at radius 1 is 1.00 bits per heavy atom. The van der Waals surface area contributed by atoms with Crippen molar-refractivity contribution in [1.29, 1.82) is 0 Å². The first-order valence-electron chi connectivity index (χ1n) is 12.6. The SMILES string of the molecule is COc1cc(NC(=O)C2=C(C)Nc3ncnn3[C@@H]2c2ccc(OCc3c(F)cccc3Cl)c(OC)c2)c(OC)cc1Cl. The summed E-state index contributed by atoms with van der Waals surface area (Å²) in [6.07, 6.45) is 1.39. The minimum absolute atomic E-state index is 0.110. The van der Waals surface area contributed by atoms with Crippen molar-refractivity contribution in [2.24, 2.45) is 0 Å². The molecule has 1 aliphatic rings. The summed E-state index contributed by atoms with van der Waals surface area (Å²) in [6.45, 7) is 1.66. The molecule has 0 bridgehead atoms. The lowest BCUT2D eigenvalue weighted by Crippen LogP contribution is -2.31. The number of fused-ring (bicyclic) bond motifs is 1. The van der Waals surface area contributed by atoms with E-state index in [0.717, 1.165) is 0 Å². The molecular weight excluding hydrogens is 588 g/mol. The van der Waals surface area contributed by atoms with Gasteiger partial charge in [0, 0.05) is 23.4 Å². The zero-order valence-corrected chi connectivity index (χ0v) is 24.5. The Morgan fingerprint density at radius 2 is 1.76 bits per heavy atom. The molecule has 0 saturated carbocycles. The zero-order valence-electron chi connectivity index (χ0n) is 23.0. The predicted molar refractivity (Wildman–Crippen MR) is 156 cm³/mol. The molecule has 1 amide bonds. The second kappa shape index (κ2) is 12.2. The molecule has 5 rings (SSSR count). The molecule has 13 heteroatoms. The van der Waals surface area contributed by atoms with E-state index < -0.39 is 17.8 Å². The number of methoxy groups -OCH3 is 3. The minimum atomic E-state index is -0.701. The van der Waals surface area contributed by atoms with E-state index in [0.29, 0.717) is 56.5 Å². The normalized spacial score (nSPS) is 14.1. The summed E-state index contributed by atoms with van der Waals surface area (Å²) in [5.41, 5.74) is 2.16. The second-order valence-electron chi connectivity index (χ2n) is 9.13. The van der Waals surface area contributed by atoms with Crippen LogP contribution in [0.4, 0.5) is 16.0 Å². The molecular formula is C29H26Cl2FN5O5. The van der Waals surface area contributed by atoms with Crippen molar-refractivity contribution in [3.63, 3.8) is 0 Å². The topological polar surface area (TPSA) is 109 Å².